The van der Waals surface area contributed by atoms with Crippen molar-refractivity contribution in [2.24, 2.45) is 0 Å². The monoisotopic (exact) mass is 310 g/mol. The van der Waals surface area contributed by atoms with E-state index in [1.165, 1.54) is 21.9 Å². The zero-order valence-electron chi connectivity index (χ0n) is 13.8. The third-order valence-corrected chi connectivity index (χ3v) is 4.33. The highest BCUT2D eigenvalue weighted by Crippen LogP contribution is 2.30. The topological polar surface area (TPSA) is 25.8 Å². The van der Waals surface area contributed by atoms with Gasteiger partial charge in [0.15, 0.2) is 0 Å². The van der Waals surface area contributed by atoms with Gasteiger partial charge in [0.1, 0.15) is 0 Å². The smallest absolute Gasteiger partial charge is 0.0914 e. The predicted octanol–water partition coefficient (Wildman–Crippen LogP) is 5.58. The average Bonchev–Trinajstić information content (AvgIpc) is 2.62. The average molecular weight is 310 g/mol. The summed E-state index contributed by atoms with van der Waals surface area (Å²) in [7, 11) is 0. The van der Waals surface area contributed by atoms with E-state index in [1.54, 1.807) is 0 Å². The standard InChI is InChI=1S/C22H18N2/c1-15-14-23-22(16(2)24-15)19-12-10-18(11-13-19)21-9-5-7-17-6-3-4-8-20(17)21/h3-14H,1-2H3. The van der Waals surface area contributed by atoms with Gasteiger partial charge in [0.25, 0.3) is 0 Å². The number of hydrogen-bond donors (Lipinski definition) is 0. The molecule has 0 saturated heterocycles. The van der Waals surface area contributed by atoms with Gasteiger partial charge in [-0.2, -0.15) is 0 Å². The fraction of sp³-hybridized carbons (Fsp3) is 0.0909. The summed E-state index contributed by atoms with van der Waals surface area (Å²) in [5, 5.41) is 2.54. The highest BCUT2D eigenvalue weighted by Gasteiger charge is 2.07. The van der Waals surface area contributed by atoms with Crippen LogP contribution in [0.2, 0.25) is 0 Å². The van der Waals surface area contributed by atoms with E-state index in [2.05, 4.69) is 76.7 Å². The maximum Gasteiger partial charge on any atom is 0.0914 e. The summed E-state index contributed by atoms with van der Waals surface area (Å²) in [4.78, 5) is 9.05. The van der Waals surface area contributed by atoms with Gasteiger partial charge in [-0.25, -0.2) is 0 Å². The van der Waals surface area contributed by atoms with Crippen molar-refractivity contribution in [3.63, 3.8) is 0 Å². The van der Waals surface area contributed by atoms with Gasteiger partial charge in [0.05, 0.1) is 17.1 Å². The summed E-state index contributed by atoms with van der Waals surface area (Å²) in [5.41, 5.74) is 6.44. The molecule has 0 aliphatic rings. The van der Waals surface area contributed by atoms with Gasteiger partial charge in [-0.05, 0) is 35.7 Å². The molecule has 1 heterocycles. The highest BCUT2D eigenvalue weighted by atomic mass is 14.8. The van der Waals surface area contributed by atoms with Crippen LogP contribution in [0.1, 0.15) is 11.4 Å². The number of rotatable bonds is 2. The van der Waals surface area contributed by atoms with Crippen molar-refractivity contribution in [2.75, 3.05) is 0 Å². The van der Waals surface area contributed by atoms with Crippen molar-refractivity contribution in [3.8, 4) is 22.4 Å². The minimum atomic E-state index is 0.948. The van der Waals surface area contributed by atoms with Gasteiger partial charge in [0.2, 0.25) is 0 Å². The van der Waals surface area contributed by atoms with Crippen LogP contribution in [-0.2, 0) is 0 Å². The van der Waals surface area contributed by atoms with E-state index in [4.69, 9.17) is 0 Å². The second kappa shape index (κ2) is 5.89. The Morgan fingerprint density at radius 3 is 2.21 bits per heavy atom. The first-order valence-corrected chi connectivity index (χ1v) is 8.11. The molecule has 2 heteroatoms. The quantitative estimate of drug-likeness (QED) is 0.483. The minimum absolute atomic E-state index is 0.948. The summed E-state index contributed by atoms with van der Waals surface area (Å²) in [6.45, 7) is 3.97. The van der Waals surface area contributed by atoms with E-state index in [-0.39, 0.29) is 0 Å². The van der Waals surface area contributed by atoms with Crippen LogP contribution in [-0.4, -0.2) is 9.97 Å². The van der Waals surface area contributed by atoms with Crippen LogP contribution in [0.15, 0.2) is 72.9 Å². The number of fused-ring (bicyclic) bond motifs is 1. The van der Waals surface area contributed by atoms with Gasteiger partial charge in [-0.15, -0.1) is 0 Å². The molecule has 0 radical (unpaired) electrons. The van der Waals surface area contributed by atoms with Crippen LogP contribution in [0.5, 0.6) is 0 Å². The number of aromatic nitrogens is 2. The molecule has 0 fully saturated rings. The van der Waals surface area contributed by atoms with E-state index in [0.29, 0.717) is 0 Å². The van der Waals surface area contributed by atoms with Gasteiger partial charge in [0, 0.05) is 11.8 Å². The molecule has 0 amide bonds. The van der Waals surface area contributed by atoms with E-state index < -0.39 is 0 Å². The molecule has 3 aromatic carbocycles. The third kappa shape index (κ3) is 2.56. The van der Waals surface area contributed by atoms with Gasteiger partial charge < -0.3 is 0 Å². The first-order chi connectivity index (χ1) is 11.7. The molecular weight excluding hydrogens is 292 g/mol. The first kappa shape index (κ1) is 14.6. The molecule has 0 aliphatic carbocycles. The Balaban J connectivity index is 1.78. The van der Waals surface area contributed by atoms with Crippen LogP contribution in [0.3, 0.4) is 0 Å². The number of hydrogen-bond acceptors (Lipinski definition) is 2. The Labute approximate surface area is 141 Å². The van der Waals surface area contributed by atoms with Crippen molar-refractivity contribution in [1.29, 1.82) is 0 Å². The van der Waals surface area contributed by atoms with E-state index in [1.807, 2.05) is 20.0 Å². The third-order valence-electron chi connectivity index (χ3n) is 4.33. The number of benzene rings is 3. The largest absolute Gasteiger partial charge is 0.255 e. The zero-order chi connectivity index (χ0) is 16.5. The van der Waals surface area contributed by atoms with E-state index in [0.717, 1.165) is 22.6 Å². The predicted molar refractivity (Wildman–Crippen MR) is 99.9 cm³/mol. The van der Waals surface area contributed by atoms with Crippen LogP contribution in [0, 0.1) is 13.8 Å². The fourth-order valence-electron chi connectivity index (χ4n) is 3.17. The van der Waals surface area contributed by atoms with Crippen molar-refractivity contribution in [2.45, 2.75) is 13.8 Å². The van der Waals surface area contributed by atoms with Crippen molar-refractivity contribution in [1.82, 2.24) is 9.97 Å². The Hall–Kier alpha value is -3.00. The lowest BCUT2D eigenvalue weighted by Crippen LogP contribution is -1.94. The van der Waals surface area contributed by atoms with Crippen molar-refractivity contribution < 1.29 is 0 Å². The molecule has 0 saturated carbocycles. The molecular formula is C22H18N2. The molecule has 0 bridgehead atoms. The summed E-state index contributed by atoms with van der Waals surface area (Å²) >= 11 is 0. The van der Waals surface area contributed by atoms with Crippen LogP contribution < -0.4 is 0 Å². The minimum Gasteiger partial charge on any atom is -0.255 e. The van der Waals surface area contributed by atoms with Crippen molar-refractivity contribution in [3.05, 3.63) is 84.3 Å². The van der Waals surface area contributed by atoms with Crippen LogP contribution >= 0.6 is 0 Å². The molecule has 0 N–H and O–H groups in total. The Bertz CT molecular complexity index is 1010. The van der Waals surface area contributed by atoms with Gasteiger partial charge in [-0.3, -0.25) is 9.97 Å². The summed E-state index contributed by atoms with van der Waals surface area (Å²) in [6.07, 6.45) is 1.82. The van der Waals surface area contributed by atoms with E-state index >= 15 is 0 Å². The number of nitrogens with zero attached hydrogens (tertiary/aromatic N) is 2. The lowest BCUT2D eigenvalue weighted by atomic mass is 9.97. The molecule has 2 nitrogen and oxygen atoms in total. The fourth-order valence-corrected chi connectivity index (χ4v) is 3.17. The van der Waals surface area contributed by atoms with Crippen molar-refractivity contribution >= 4 is 10.8 Å². The molecule has 0 atom stereocenters. The first-order valence-electron chi connectivity index (χ1n) is 8.11. The molecule has 0 unspecified atom stereocenters. The maximum atomic E-state index is 4.54. The summed E-state index contributed by atoms with van der Waals surface area (Å²) in [6, 6.07) is 23.5. The second-order valence-corrected chi connectivity index (χ2v) is 6.05. The SMILES string of the molecule is Cc1cnc(-c2ccc(-c3cccc4ccccc34)cc2)c(C)n1. The molecule has 0 aliphatic heterocycles. The molecule has 0 spiro atoms. The second-order valence-electron chi connectivity index (χ2n) is 6.05. The molecule has 4 aromatic rings. The summed E-state index contributed by atoms with van der Waals surface area (Å²) in [5.74, 6) is 0. The molecule has 1 aromatic heterocycles. The lowest BCUT2D eigenvalue weighted by Gasteiger charge is -2.09. The molecule has 4 rings (SSSR count). The van der Waals surface area contributed by atoms with E-state index in [9.17, 15) is 0 Å². The zero-order valence-corrected chi connectivity index (χ0v) is 13.8. The highest BCUT2D eigenvalue weighted by molar-refractivity contribution is 5.96. The maximum absolute atomic E-state index is 4.54. The normalized spacial score (nSPS) is 10.9. The Morgan fingerprint density at radius 1 is 0.708 bits per heavy atom. The van der Waals surface area contributed by atoms with Gasteiger partial charge in [-0.1, -0.05) is 66.7 Å². The lowest BCUT2D eigenvalue weighted by molar-refractivity contribution is 1.06. The Kier molecular flexibility index (Phi) is 3.58. The molecule has 24 heavy (non-hydrogen) atoms. The molecule has 116 valence electrons. The van der Waals surface area contributed by atoms with Crippen LogP contribution in [0.25, 0.3) is 33.2 Å². The van der Waals surface area contributed by atoms with Gasteiger partial charge >= 0.3 is 0 Å². The number of aryl methyl sites for hydroxylation is 2. The summed E-state index contributed by atoms with van der Waals surface area (Å²) < 4.78 is 0. The van der Waals surface area contributed by atoms with Crippen LogP contribution in [0.4, 0.5) is 0 Å². The Morgan fingerprint density at radius 2 is 1.42 bits per heavy atom.